The normalized spacial score (nSPS) is 12.4. The fourth-order valence-corrected chi connectivity index (χ4v) is 3.27. The molecule has 2 heterocycles. The van der Waals surface area contributed by atoms with Crippen LogP contribution in [0.1, 0.15) is 20.8 Å². The summed E-state index contributed by atoms with van der Waals surface area (Å²) < 4.78 is 13.4. The minimum Gasteiger partial charge on any atom is -0.396 e. The van der Waals surface area contributed by atoms with Gasteiger partial charge >= 0.3 is 0 Å². The number of rotatable bonds is 8. The number of benzene rings is 1. The minimum atomic E-state index is -0.280. The zero-order chi connectivity index (χ0) is 20.1. The molecule has 7 heteroatoms. The van der Waals surface area contributed by atoms with Crippen molar-refractivity contribution < 1.29 is 9.50 Å². The molecule has 3 rings (SSSR count). The first-order valence-corrected chi connectivity index (χ1v) is 10.3. The van der Waals surface area contributed by atoms with E-state index in [0.717, 1.165) is 28.3 Å². The number of anilines is 1. The Morgan fingerprint density at radius 3 is 2.57 bits per heavy atom. The van der Waals surface area contributed by atoms with Gasteiger partial charge in [-0.2, -0.15) is 0 Å². The molecule has 1 atom stereocenters. The summed E-state index contributed by atoms with van der Waals surface area (Å²) in [4.78, 5) is 12.4. The summed E-state index contributed by atoms with van der Waals surface area (Å²) in [5.41, 5.74) is 3.35. The molecule has 2 aromatic heterocycles. The van der Waals surface area contributed by atoms with Crippen LogP contribution in [0.4, 0.5) is 10.2 Å². The molecule has 0 saturated carbocycles. The maximum atomic E-state index is 13.4. The standard InChI is InChI=1S/C21H25FN4OS/c1-13(2)14(3)24-18-12-16(8-9-23-18)20-19(15-4-6-17(22)7-5-15)25-21(26-20)28-11-10-27/h4-9,12-14,27H,10-11H2,1-3H3,(H,23,24)(H,25,26)/t14-/m0/s1. The number of hydrogen-bond acceptors (Lipinski definition) is 5. The first kappa shape index (κ1) is 20.4. The quantitative estimate of drug-likeness (QED) is 0.473. The molecule has 0 fully saturated rings. The van der Waals surface area contributed by atoms with Crippen molar-refractivity contribution in [2.24, 2.45) is 5.92 Å². The topological polar surface area (TPSA) is 73.8 Å². The second kappa shape index (κ2) is 9.21. The van der Waals surface area contributed by atoms with Crippen LogP contribution in [0.15, 0.2) is 47.8 Å². The average Bonchev–Trinajstić information content (AvgIpc) is 3.11. The first-order valence-electron chi connectivity index (χ1n) is 9.30. The Kier molecular flexibility index (Phi) is 6.70. The van der Waals surface area contributed by atoms with Crippen LogP contribution in [0.2, 0.25) is 0 Å². The van der Waals surface area contributed by atoms with E-state index in [1.807, 2.05) is 12.1 Å². The Bertz CT molecular complexity index is 911. The zero-order valence-electron chi connectivity index (χ0n) is 16.2. The highest BCUT2D eigenvalue weighted by atomic mass is 32.2. The fraction of sp³-hybridized carbons (Fsp3) is 0.333. The number of thioether (sulfide) groups is 1. The summed E-state index contributed by atoms with van der Waals surface area (Å²) in [6, 6.07) is 10.5. The molecule has 0 radical (unpaired) electrons. The molecule has 5 nitrogen and oxygen atoms in total. The van der Waals surface area contributed by atoms with Gasteiger partial charge in [0.15, 0.2) is 5.16 Å². The van der Waals surface area contributed by atoms with Crippen LogP contribution < -0.4 is 5.32 Å². The smallest absolute Gasteiger partial charge is 0.166 e. The van der Waals surface area contributed by atoms with Gasteiger partial charge in [-0.15, -0.1) is 0 Å². The molecule has 1 aromatic carbocycles. The number of pyridine rings is 1. The third-order valence-corrected chi connectivity index (χ3v) is 5.41. The summed E-state index contributed by atoms with van der Waals surface area (Å²) >= 11 is 1.44. The second-order valence-electron chi connectivity index (χ2n) is 6.95. The molecular formula is C21H25FN4OS. The maximum Gasteiger partial charge on any atom is 0.166 e. The van der Waals surface area contributed by atoms with Gasteiger partial charge in [0.25, 0.3) is 0 Å². The number of aliphatic hydroxyl groups excluding tert-OH is 1. The molecule has 148 valence electrons. The van der Waals surface area contributed by atoms with E-state index in [9.17, 15) is 4.39 Å². The molecule has 0 saturated heterocycles. The number of aromatic amines is 1. The lowest BCUT2D eigenvalue weighted by Gasteiger charge is -2.18. The molecule has 0 aliphatic rings. The van der Waals surface area contributed by atoms with Crippen molar-refractivity contribution in [2.75, 3.05) is 17.7 Å². The summed E-state index contributed by atoms with van der Waals surface area (Å²) in [6.07, 6.45) is 1.76. The molecule has 3 aromatic rings. The van der Waals surface area contributed by atoms with Gasteiger partial charge in [0.1, 0.15) is 11.6 Å². The monoisotopic (exact) mass is 400 g/mol. The Hall–Kier alpha value is -2.38. The van der Waals surface area contributed by atoms with Crippen molar-refractivity contribution in [1.29, 1.82) is 0 Å². The van der Waals surface area contributed by atoms with Crippen LogP contribution in [0, 0.1) is 11.7 Å². The Labute approximate surface area is 168 Å². The second-order valence-corrected chi connectivity index (χ2v) is 8.03. The molecule has 0 aliphatic heterocycles. The van der Waals surface area contributed by atoms with Crippen LogP contribution in [0.25, 0.3) is 22.5 Å². The number of hydrogen-bond donors (Lipinski definition) is 3. The van der Waals surface area contributed by atoms with Crippen LogP contribution in [-0.2, 0) is 0 Å². The lowest BCUT2D eigenvalue weighted by molar-refractivity contribution is 0.322. The van der Waals surface area contributed by atoms with Crippen molar-refractivity contribution in [3.8, 4) is 22.5 Å². The minimum absolute atomic E-state index is 0.0724. The molecule has 0 aliphatic carbocycles. The highest BCUT2D eigenvalue weighted by Gasteiger charge is 2.16. The van der Waals surface area contributed by atoms with Crippen molar-refractivity contribution in [1.82, 2.24) is 15.0 Å². The number of halogens is 1. The fourth-order valence-electron chi connectivity index (χ4n) is 2.65. The lowest BCUT2D eigenvalue weighted by Crippen LogP contribution is -2.22. The van der Waals surface area contributed by atoms with Crippen molar-refractivity contribution in [2.45, 2.75) is 32.0 Å². The zero-order valence-corrected chi connectivity index (χ0v) is 17.1. The van der Waals surface area contributed by atoms with Gasteiger partial charge in [0.05, 0.1) is 18.0 Å². The van der Waals surface area contributed by atoms with E-state index < -0.39 is 0 Å². The molecule has 0 unspecified atom stereocenters. The Morgan fingerprint density at radius 1 is 1.14 bits per heavy atom. The molecule has 0 amide bonds. The van der Waals surface area contributed by atoms with E-state index in [-0.39, 0.29) is 18.5 Å². The first-order chi connectivity index (χ1) is 13.5. The highest BCUT2D eigenvalue weighted by molar-refractivity contribution is 7.99. The summed E-state index contributed by atoms with van der Waals surface area (Å²) in [6.45, 7) is 6.52. The third-order valence-electron chi connectivity index (χ3n) is 4.55. The number of nitrogens with zero attached hydrogens (tertiary/aromatic N) is 2. The van der Waals surface area contributed by atoms with Crippen LogP contribution in [0.5, 0.6) is 0 Å². The molecule has 0 bridgehead atoms. The van der Waals surface area contributed by atoms with Gasteiger partial charge in [-0.05, 0) is 49.2 Å². The number of aliphatic hydroxyl groups is 1. The number of H-pyrrole nitrogens is 1. The van der Waals surface area contributed by atoms with E-state index >= 15 is 0 Å². The Morgan fingerprint density at radius 2 is 1.89 bits per heavy atom. The summed E-state index contributed by atoms with van der Waals surface area (Å²) in [5.74, 6) is 1.53. The van der Waals surface area contributed by atoms with Gasteiger partial charge in [0.2, 0.25) is 0 Å². The van der Waals surface area contributed by atoms with Crippen LogP contribution in [0.3, 0.4) is 0 Å². The SMILES string of the molecule is CC(C)[C@H](C)Nc1cc(-c2nc(SCCO)[nH]c2-c2ccc(F)cc2)ccn1. The van der Waals surface area contributed by atoms with E-state index in [4.69, 9.17) is 10.1 Å². The largest absolute Gasteiger partial charge is 0.396 e. The predicted octanol–water partition coefficient (Wildman–Crippen LogP) is 4.82. The Balaban J connectivity index is 2.00. The van der Waals surface area contributed by atoms with Gasteiger partial charge in [0, 0.05) is 29.1 Å². The van der Waals surface area contributed by atoms with Gasteiger partial charge in [-0.1, -0.05) is 25.6 Å². The number of nitrogens with one attached hydrogen (secondary N) is 2. The summed E-state index contributed by atoms with van der Waals surface area (Å²) in [5, 5.41) is 13.2. The average molecular weight is 401 g/mol. The third kappa shape index (κ3) is 4.91. The summed E-state index contributed by atoms with van der Waals surface area (Å²) in [7, 11) is 0. The van der Waals surface area contributed by atoms with Crippen LogP contribution in [-0.4, -0.2) is 38.5 Å². The number of aromatic nitrogens is 3. The lowest BCUT2D eigenvalue weighted by atomic mass is 10.0. The van der Waals surface area contributed by atoms with Crippen molar-refractivity contribution in [3.63, 3.8) is 0 Å². The van der Waals surface area contributed by atoms with E-state index in [1.54, 1.807) is 18.3 Å². The predicted molar refractivity (Wildman–Crippen MR) is 113 cm³/mol. The van der Waals surface area contributed by atoms with Crippen molar-refractivity contribution in [3.05, 3.63) is 48.4 Å². The molecule has 0 spiro atoms. The van der Waals surface area contributed by atoms with Gasteiger partial charge in [-0.3, -0.25) is 0 Å². The van der Waals surface area contributed by atoms with E-state index in [2.05, 4.69) is 36.1 Å². The molecule has 3 N–H and O–H groups in total. The number of imidazole rings is 1. The maximum absolute atomic E-state index is 13.4. The van der Waals surface area contributed by atoms with Crippen LogP contribution >= 0.6 is 11.8 Å². The van der Waals surface area contributed by atoms with Gasteiger partial charge in [-0.25, -0.2) is 14.4 Å². The highest BCUT2D eigenvalue weighted by Crippen LogP contribution is 2.33. The van der Waals surface area contributed by atoms with E-state index in [1.165, 1.54) is 23.9 Å². The van der Waals surface area contributed by atoms with Crippen molar-refractivity contribution >= 4 is 17.6 Å². The van der Waals surface area contributed by atoms with E-state index in [0.29, 0.717) is 16.8 Å². The molecule has 28 heavy (non-hydrogen) atoms. The van der Waals surface area contributed by atoms with Gasteiger partial charge < -0.3 is 15.4 Å². The molecular weight excluding hydrogens is 375 g/mol.